The van der Waals surface area contributed by atoms with E-state index in [2.05, 4.69) is 30.2 Å². The van der Waals surface area contributed by atoms with E-state index in [4.69, 9.17) is 0 Å². The van der Waals surface area contributed by atoms with Crippen LogP contribution in [0.1, 0.15) is 32.6 Å². The van der Waals surface area contributed by atoms with Crippen molar-refractivity contribution >= 4 is 11.8 Å². The van der Waals surface area contributed by atoms with Gasteiger partial charge in [0.15, 0.2) is 0 Å². The second-order valence-electron chi connectivity index (χ2n) is 4.57. The smallest absolute Gasteiger partial charge is 0.0881 e. The van der Waals surface area contributed by atoms with Crippen molar-refractivity contribution in [3.8, 4) is 0 Å². The molecule has 1 atom stereocenters. The van der Waals surface area contributed by atoms with Crippen molar-refractivity contribution in [2.75, 3.05) is 31.1 Å². The minimum atomic E-state index is 0.323. The molecule has 0 saturated carbocycles. The quantitative estimate of drug-likeness (QED) is 0.694. The molecular weight excluding hydrogens is 218 g/mol. The highest BCUT2D eigenvalue weighted by Gasteiger charge is 2.13. The molecule has 16 heavy (non-hydrogen) atoms. The standard InChI is InChI=1S/C13H25NOS/c1-3-5-13(12(2)15)6-4-7-14-8-10-16-11-9-14/h13,15H,2-11H2,1H3/t13-/m0/s1. The SMILES string of the molecule is C=C(O)[C@@H](CCC)CCCN1CCSCC1. The molecule has 94 valence electrons. The zero-order valence-corrected chi connectivity index (χ0v) is 11.3. The lowest BCUT2D eigenvalue weighted by atomic mass is 9.96. The second kappa shape index (κ2) is 8.02. The fourth-order valence-corrected chi connectivity index (χ4v) is 3.19. The first-order valence-corrected chi connectivity index (χ1v) is 7.57. The van der Waals surface area contributed by atoms with Crippen LogP contribution < -0.4 is 0 Å². The molecule has 0 unspecified atom stereocenters. The van der Waals surface area contributed by atoms with E-state index in [1.807, 2.05) is 0 Å². The third kappa shape index (κ3) is 5.26. The fraction of sp³-hybridized carbons (Fsp3) is 0.846. The summed E-state index contributed by atoms with van der Waals surface area (Å²) in [6, 6.07) is 0. The second-order valence-corrected chi connectivity index (χ2v) is 5.80. The van der Waals surface area contributed by atoms with Gasteiger partial charge in [-0.25, -0.2) is 0 Å². The normalized spacial score (nSPS) is 19.6. The Morgan fingerprint density at radius 2 is 2.06 bits per heavy atom. The van der Waals surface area contributed by atoms with Gasteiger partial charge in [0, 0.05) is 30.5 Å². The maximum absolute atomic E-state index is 9.47. The van der Waals surface area contributed by atoms with Gasteiger partial charge in [-0.15, -0.1) is 0 Å². The Balaban J connectivity index is 2.13. The van der Waals surface area contributed by atoms with Crippen molar-refractivity contribution < 1.29 is 5.11 Å². The number of aliphatic hydroxyl groups excluding tert-OH is 1. The molecule has 1 rings (SSSR count). The molecule has 0 aliphatic carbocycles. The Morgan fingerprint density at radius 3 is 2.62 bits per heavy atom. The zero-order chi connectivity index (χ0) is 11.8. The van der Waals surface area contributed by atoms with E-state index < -0.39 is 0 Å². The van der Waals surface area contributed by atoms with E-state index in [1.54, 1.807) is 0 Å². The van der Waals surface area contributed by atoms with Gasteiger partial charge in [0.2, 0.25) is 0 Å². The molecule has 2 nitrogen and oxygen atoms in total. The summed E-state index contributed by atoms with van der Waals surface area (Å²) in [6.07, 6.45) is 4.48. The van der Waals surface area contributed by atoms with Crippen LogP contribution in [0.25, 0.3) is 0 Å². The van der Waals surface area contributed by atoms with Gasteiger partial charge in [0.05, 0.1) is 5.76 Å². The van der Waals surface area contributed by atoms with E-state index in [9.17, 15) is 5.11 Å². The van der Waals surface area contributed by atoms with Crippen molar-refractivity contribution in [1.29, 1.82) is 0 Å². The number of allylic oxidation sites excluding steroid dienone is 1. The van der Waals surface area contributed by atoms with E-state index >= 15 is 0 Å². The molecule has 1 saturated heterocycles. The summed E-state index contributed by atoms with van der Waals surface area (Å²) in [4.78, 5) is 2.54. The minimum absolute atomic E-state index is 0.323. The lowest BCUT2D eigenvalue weighted by Gasteiger charge is -2.26. The Morgan fingerprint density at radius 1 is 1.38 bits per heavy atom. The molecule has 0 aromatic rings. The summed E-state index contributed by atoms with van der Waals surface area (Å²) >= 11 is 2.06. The van der Waals surface area contributed by atoms with E-state index in [0.717, 1.165) is 19.3 Å². The molecule has 0 radical (unpaired) electrons. The van der Waals surface area contributed by atoms with E-state index in [-0.39, 0.29) is 0 Å². The van der Waals surface area contributed by atoms with Crippen molar-refractivity contribution in [3.63, 3.8) is 0 Å². The maximum atomic E-state index is 9.47. The lowest BCUT2D eigenvalue weighted by Crippen LogP contribution is -2.33. The molecule has 1 aliphatic heterocycles. The average Bonchev–Trinajstić information content (AvgIpc) is 2.29. The van der Waals surface area contributed by atoms with Gasteiger partial charge < -0.3 is 10.0 Å². The fourth-order valence-electron chi connectivity index (χ4n) is 2.21. The first-order valence-electron chi connectivity index (χ1n) is 6.42. The Kier molecular flexibility index (Phi) is 6.97. The number of nitrogens with zero attached hydrogens (tertiary/aromatic N) is 1. The van der Waals surface area contributed by atoms with Crippen LogP contribution in [0.15, 0.2) is 12.3 Å². The van der Waals surface area contributed by atoms with Gasteiger partial charge in [-0.3, -0.25) is 0 Å². The third-order valence-electron chi connectivity index (χ3n) is 3.24. The molecule has 0 aromatic carbocycles. The minimum Gasteiger partial charge on any atom is -0.513 e. The van der Waals surface area contributed by atoms with Gasteiger partial charge in [-0.1, -0.05) is 19.9 Å². The molecule has 0 spiro atoms. The van der Waals surface area contributed by atoms with Crippen molar-refractivity contribution in [2.45, 2.75) is 32.6 Å². The first-order chi connectivity index (χ1) is 7.74. The average molecular weight is 243 g/mol. The van der Waals surface area contributed by atoms with Crippen LogP contribution in [0.4, 0.5) is 0 Å². The molecule has 3 heteroatoms. The zero-order valence-electron chi connectivity index (χ0n) is 10.5. The summed E-state index contributed by atoms with van der Waals surface area (Å²) < 4.78 is 0. The van der Waals surface area contributed by atoms with E-state index in [1.165, 1.54) is 37.6 Å². The van der Waals surface area contributed by atoms with Gasteiger partial charge >= 0.3 is 0 Å². The number of hydrogen-bond donors (Lipinski definition) is 1. The van der Waals surface area contributed by atoms with Crippen LogP contribution in [0.5, 0.6) is 0 Å². The van der Waals surface area contributed by atoms with Gasteiger partial charge in [0.25, 0.3) is 0 Å². The molecule has 1 fully saturated rings. The van der Waals surface area contributed by atoms with Crippen molar-refractivity contribution in [1.82, 2.24) is 4.90 Å². The molecule has 1 N–H and O–H groups in total. The summed E-state index contributed by atoms with van der Waals surface area (Å²) in [5.41, 5.74) is 0. The predicted molar refractivity (Wildman–Crippen MR) is 73.2 cm³/mol. The van der Waals surface area contributed by atoms with Gasteiger partial charge in [0.1, 0.15) is 0 Å². The number of thioether (sulfide) groups is 1. The number of hydrogen-bond acceptors (Lipinski definition) is 3. The third-order valence-corrected chi connectivity index (χ3v) is 4.18. The van der Waals surface area contributed by atoms with Crippen molar-refractivity contribution in [2.24, 2.45) is 5.92 Å². The summed E-state index contributed by atoms with van der Waals surface area (Å²) in [7, 11) is 0. The highest BCUT2D eigenvalue weighted by Crippen LogP contribution is 2.20. The Labute approximate surface area is 104 Å². The summed E-state index contributed by atoms with van der Waals surface area (Å²) in [5.74, 6) is 3.27. The topological polar surface area (TPSA) is 23.5 Å². The van der Waals surface area contributed by atoms with Crippen molar-refractivity contribution in [3.05, 3.63) is 12.3 Å². The molecule has 1 heterocycles. The summed E-state index contributed by atoms with van der Waals surface area (Å²) in [6.45, 7) is 9.51. The van der Waals surface area contributed by atoms with Crippen LogP contribution in [-0.2, 0) is 0 Å². The van der Waals surface area contributed by atoms with Crippen LogP contribution in [0.3, 0.4) is 0 Å². The van der Waals surface area contributed by atoms with Crippen LogP contribution in [-0.4, -0.2) is 41.1 Å². The predicted octanol–water partition coefficient (Wildman–Crippen LogP) is 3.30. The number of rotatable bonds is 7. The molecule has 0 bridgehead atoms. The van der Waals surface area contributed by atoms with Gasteiger partial charge in [-0.2, -0.15) is 11.8 Å². The maximum Gasteiger partial charge on any atom is 0.0881 e. The molecular formula is C13H25NOS. The highest BCUT2D eigenvalue weighted by atomic mass is 32.2. The number of aliphatic hydroxyl groups is 1. The molecule has 1 aliphatic rings. The van der Waals surface area contributed by atoms with Crippen LogP contribution in [0, 0.1) is 5.92 Å². The largest absolute Gasteiger partial charge is 0.513 e. The summed E-state index contributed by atoms with van der Waals surface area (Å²) in [5, 5.41) is 9.47. The Hall–Kier alpha value is -0.150. The first kappa shape index (κ1) is 13.9. The molecule has 0 aromatic heterocycles. The monoisotopic (exact) mass is 243 g/mol. The molecule has 0 amide bonds. The van der Waals surface area contributed by atoms with E-state index in [0.29, 0.717) is 11.7 Å². The van der Waals surface area contributed by atoms with Crippen LogP contribution in [0.2, 0.25) is 0 Å². The lowest BCUT2D eigenvalue weighted by molar-refractivity contribution is 0.265. The Bertz CT molecular complexity index is 202. The van der Waals surface area contributed by atoms with Gasteiger partial charge in [-0.05, 0) is 25.8 Å². The van der Waals surface area contributed by atoms with Crippen LogP contribution >= 0.6 is 11.8 Å². The highest BCUT2D eigenvalue weighted by molar-refractivity contribution is 7.99.